The Morgan fingerprint density at radius 3 is 2.58 bits per heavy atom. The van der Waals surface area contributed by atoms with Crippen molar-refractivity contribution >= 4 is 39.0 Å². The second-order valence-electron chi connectivity index (χ2n) is 4.25. The number of esters is 1. The molecule has 0 aliphatic carbocycles. The third kappa shape index (κ3) is 2.26. The van der Waals surface area contributed by atoms with E-state index in [1.54, 1.807) is 32.3 Å². The van der Waals surface area contributed by atoms with Gasteiger partial charge in [0, 0.05) is 29.7 Å². The number of nitrogen functional groups attached to an aromatic ring is 1. The van der Waals surface area contributed by atoms with E-state index >= 15 is 0 Å². The quantitative estimate of drug-likeness (QED) is 0.852. The van der Waals surface area contributed by atoms with Crippen LogP contribution in [0.4, 0.5) is 5.69 Å². The number of hydrogen-bond acceptors (Lipinski definition) is 5. The molecular weight excluding hydrogens is 264 g/mol. The van der Waals surface area contributed by atoms with E-state index in [9.17, 15) is 9.59 Å². The molecule has 0 atom stereocenters. The second-order valence-corrected chi connectivity index (χ2v) is 5.30. The van der Waals surface area contributed by atoms with E-state index in [1.165, 1.54) is 23.3 Å². The van der Waals surface area contributed by atoms with Gasteiger partial charge in [-0.2, -0.15) is 0 Å². The minimum absolute atomic E-state index is 0.105. The minimum Gasteiger partial charge on any atom is -0.465 e. The molecule has 1 aromatic heterocycles. The summed E-state index contributed by atoms with van der Waals surface area (Å²) in [6, 6.07) is 5.22. The molecule has 0 radical (unpaired) electrons. The van der Waals surface area contributed by atoms with Crippen molar-refractivity contribution in [3.05, 3.63) is 28.6 Å². The number of anilines is 1. The zero-order valence-corrected chi connectivity index (χ0v) is 11.7. The summed E-state index contributed by atoms with van der Waals surface area (Å²) in [7, 11) is 4.68. The van der Waals surface area contributed by atoms with Crippen molar-refractivity contribution in [2.45, 2.75) is 0 Å². The Labute approximate surface area is 114 Å². The molecule has 19 heavy (non-hydrogen) atoms. The van der Waals surface area contributed by atoms with Crippen LogP contribution in [0.5, 0.6) is 0 Å². The second kappa shape index (κ2) is 4.89. The molecule has 0 bridgehead atoms. The van der Waals surface area contributed by atoms with Crippen molar-refractivity contribution in [3.8, 4) is 0 Å². The van der Waals surface area contributed by atoms with E-state index in [0.29, 0.717) is 21.5 Å². The highest BCUT2D eigenvalue weighted by Gasteiger charge is 2.18. The van der Waals surface area contributed by atoms with Crippen molar-refractivity contribution in [2.75, 3.05) is 26.9 Å². The SMILES string of the molecule is COC(=O)c1sc2ccc(C(=O)N(C)C)cc2c1N. The van der Waals surface area contributed by atoms with Gasteiger partial charge in [0.15, 0.2) is 0 Å². The molecule has 6 heteroatoms. The van der Waals surface area contributed by atoms with E-state index < -0.39 is 5.97 Å². The molecule has 0 aliphatic heterocycles. The Balaban J connectivity index is 2.57. The highest BCUT2D eigenvalue weighted by molar-refractivity contribution is 7.21. The van der Waals surface area contributed by atoms with Gasteiger partial charge in [0.05, 0.1) is 12.8 Å². The van der Waals surface area contributed by atoms with Gasteiger partial charge in [0.1, 0.15) is 4.88 Å². The van der Waals surface area contributed by atoms with Crippen LogP contribution < -0.4 is 5.73 Å². The fourth-order valence-corrected chi connectivity index (χ4v) is 2.77. The first-order valence-corrected chi connectivity index (χ1v) is 6.39. The van der Waals surface area contributed by atoms with E-state index in [2.05, 4.69) is 4.74 Å². The number of amides is 1. The molecule has 0 fully saturated rings. The van der Waals surface area contributed by atoms with Crippen molar-refractivity contribution in [3.63, 3.8) is 0 Å². The van der Waals surface area contributed by atoms with Crippen molar-refractivity contribution in [2.24, 2.45) is 0 Å². The van der Waals surface area contributed by atoms with Crippen LogP contribution in [0.3, 0.4) is 0 Å². The summed E-state index contributed by atoms with van der Waals surface area (Å²) in [6.07, 6.45) is 0. The standard InChI is InChI=1S/C13H14N2O3S/c1-15(2)12(16)7-4-5-9-8(6-7)10(14)11(19-9)13(17)18-3/h4-6H,14H2,1-3H3. The van der Waals surface area contributed by atoms with E-state index in [0.717, 1.165) is 4.70 Å². The van der Waals surface area contributed by atoms with Gasteiger partial charge < -0.3 is 15.4 Å². The van der Waals surface area contributed by atoms with Gasteiger partial charge in [-0.3, -0.25) is 4.79 Å². The van der Waals surface area contributed by atoms with E-state index in [4.69, 9.17) is 5.73 Å². The van der Waals surface area contributed by atoms with Crippen LogP contribution in [-0.2, 0) is 4.74 Å². The van der Waals surface area contributed by atoms with Gasteiger partial charge >= 0.3 is 5.97 Å². The fourth-order valence-electron chi connectivity index (χ4n) is 1.75. The van der Waals surface area contributed by atoms with Gasteiger partial charge in [0.2, 0.25) is 0 Å². The molecule has 0 aliphatic rings. The van der Waals surface area contributed by atoms with Gasteiger partial charge in [-0.15, -0.1) is 11.3 Å². The molecule has 2 aromatic rings. The first-order chi connectivity index (χ1) is 8.95. The number of fused-ring (bicyclic) bond motifs is 1. The minimum atomic E-state index is -0.459. The normalized spacial score (nSPS) is 10.5. The van der Waals surface area contributed by atoms with E-state index in [-0.39, 0.29) is 5.91 Å². The predicted octanol–water partition coefficient (Wildman–Crippen LogP) is 1.97. The first kappa shape index (κ1) is 13.4. The number of nitrogens with two attached hydrogens (primary N) is 1. The number of nitrogens with zero attached hydrogens (tertiary/aromatic N) is 1. The Morgan fingerprint density at radius 1 is 1.32 bits per heavy atom. The number of rotatable bonds is 2. The summed E-state index contributed by atoms with van der Waals surface area (Å²) in [5.41, 5.74) is 6.85. The van der Waals surface area contributed by atoms with Gasteiger partial charge in [-0.25, -0.2) is 4.79 Å². The smallest absolute Gasteiger partial charge is 0.350 e. The molecule has 100 valence electrons. The molecule has 2 rings (SSSR count). The van der Waals surface area contributed by atoms with E-state index in [1.807, 2.05) is 0 Å². The molecule has 0 saturated carbocycles. The Hall–Kier alpha value is -2.08. The van der Waals surface area contributed by atoms with Crippen molar-refractivity contribution in [1.82, 2.24) is 4.90 Å². The van der Waals surface area contributed by atoms with Crippen LogP contribution in [0.25, 0.3) is 10.1 Å². The highest BCUT2D eigenvalue weighted by Crippen LogP contribution is 2.34. The number of hydrogen-bond donors (Lipinski definition) is 1. The topological polar surface area (TPSA) is 72.6 Å². The number of carbonyl (C=O) groups is 2. The summed E-state index contributed by atoms with van der Waals surface area (Å²) < 4.78 is 5.53. The molecule has 0 saturated heterocycles. The lowest BCUT2D eigenvalue weighted by Crippen LogP contribution is -2.21. The summed E-state index contributed by atoms with van der Waals surface area (Å²) >= 11 is 1.26. The zero-order chi connectivity index (χ0) is 14.2. The monoisotopic (exact) mass is 278 g/mol. The van der Waals surface area contributed by atoms with Crippen LogP contribution in [0, 0.1) is 0 Å². The van der Waals surface area contributed by atoms with Crippen molar-refractivity contribution in [1.29, 1.82) is 0 Å². The van der Waals surface area contributed by atoms with Crippen LogP contribution in [0.1, 0.15) is 20.0 Å². The summed E-state index contributed by atoms with van der Waals surface area (Å²) in [5.74, 6) is -0.564. The molecule has 0 unspecified atom stereocenters. The largest absolute Gasteiger partial charge is 0.465 e. The molecule has 1 amide bonds. The molecular formula is C13H14N2O3S. The molecule has 0 spiro atoms. The number of benzene rings is 1. The Kier molecular flexibility index (Phi) is 3.44. The molecule has 1 heterocycles. The molecule has 5 nitrogen and oxygen atoms in total. The van der Waals surface area contributed by atoms with Gasteiger partial charge in [-0.05, 0) is 18.2 Å². The average molecular weight is 278 g/mol. The maximum Gasteiger partial charge on any atom is 0.350 e. The maximum atomic E-state index is 11.9. The predicted molar refractivity (Wildman–Crippen MR) is 75.6 cm³/mol. The molecule has 1 aromatic carbocycles. The number of carbonyl (C=O) groups excluding carboxylic acids is 2. The lowest BCUT2D eigenvalue weighted by atomic mass is 10.1. The summed E-state index contributed by atoms with van der Waals surface area (Å²) in [6.45, 7) is 0. The summed E-state index contributed by atoms with van der Waals surface area (Å²) in [4.78, 5) is 25.3. The fraction of sp³-hybridized carbons (Fsp3) is 0.231. The lowest BCUT2D eigenvalue weighted by Gasteiger charge is -2.09. The highest BCUT2D eigenvalue weighted by atomic mass is 32.1. The zero-order valence-electron chi connectivity index (χ0n) is 10.9. The van der Waals surface area contributed by atoms with Crippen LogP contribution >= 0.6 is 11.3 Å². The van der Waals surface area contributed by atoms with Gasteiger partial charge in [-0.1, -0.05) is 0 Å². The van der Waals surface area contributed by atoms with Crippen molar-refractivity contribution < 1.29 is 14.3 Å². The molecule has 2 N–H and O–H groups in total. The van der Waals surface area contributed by atoms with Crippen LogP contribution in [0.15, 0.2) is 18.2 Å². The van der Waals surface area contributed by atoms with Crippen LogP contribution in [-0.4, -0.2) is 38.0 Å². The maximum absolute atomic E-state index is 11.9. The Bertz CT molecular complexity index is 661. The van der Waals surface area contributed by atoms with Crippen LogP contribution in [0.2, 0.25) is 0 Å². The third-order valence-corrected chi connectivity index (χ3v) is 3.92. The third-order valence-electron chi connectivity index (χ3n) is 2.75. The number of thiophene rings is 1. The number of methoxy groups -OCH3 is 1. The summed E-state index contributed by atoms with van der Waals surface area (Å²) in [5, 5.41) is 0.707. The lowest BCUT2D eigenvalue weighted by molar-refractivity contribution is 0.0607. The van der Waals surface area contributed by atoms with Gasteiger partial charge in [0.25, 0.3) is 5.91 Å². The number of ether oxygens (including phenoxy) is 1. The Morgan fingerprint density at radius 2 is 2.00 bits per heavy atom. The average Bonchev–Trinajstić information content (AvgIpc) is 2.74. The first-order valence-electron chi connectivity index (χ1n) is 5.57.